The monoisotopic (exact) mass is 381 g/mol. The zero-order valence-corrected chi connectivity index (χ0v) is 13.9. The first kappa shape index (κ1) is 17.6. The van der Waals surface area contributed by atoms with Crippen LogP contribution < -0.4 is 4.72 Å². The quantitative estimate of drug-likeness (QED) is 0.883. The molecular formula is C13H10ClF2NO4S2. The number of benzene rings is 2. The van der Waals surface area contributed by atoms with Crippen molar-refractivity contribution < 1.29 is 25.6 Å². The standard InChI is InChI=1S/C13H10ClF2NO4S2/c1-22(18,19)9-3-4-10(14)13(7-9)23(20,21)17-12-6-8(15)2-5-11(12)16/h2-7,17H,1H3. The first-order chi connectivity index (χ1) is 10.5. The van der Waals surface area contributed by atoms with Crippen LogP contribution in [0.25, 0.3) is 0 Å². The van der Waals surface area contributed by atoms with Crippen LogP contribution in [0.3, 0.4) is 0 Å². The van der Waals surface area contributed by atoms with Gasteiger partial charge in [0.1, 0.15) is 16.5 Å². The predicted octanol–water partition coefficient (Wildman–Crippen LogP) is 2.82. The van der Waals surface area contributed by atoms with Gasteiger partial charge in [0.05, 0.1) is 15.6 Å². The normalized spacial score (nSPS) is 12.2. The Hall–Kier alpha value is -1.71. The maximum atomic E-state index is 13.6. The highest BCUT2D eigenvalue weighted by atomic mass is 35.5. The molecule has 0 radical (unpaired) electrons. The minimum atomic E-state index is -4.42. The van der Waals surface area contributed by atoms with Gasteiger partial charge in [0.2, 0.25) is 0 Å². The number of halogens is 3. The third kappa shape index (κ3) is 3.98. The second kappa shape index (κ2) is 6.06. The fourth-order valence-corrected chi connectivity index (χ4v) is 4.00. The summed E-state index contributed by atoms with van der Waals surface area (Å²) in [5.74, 6) is -1.84. The zero-order valence-electron chi connectivity index (χ0n) is 11.5. The second-order valence-electron chi connectivity index (χ2n) is 4.59. The van der Waals surface area contributed by atoms with Crippen LogP contribution in [-0.4, -0.2) is 23.1 Å². The smallest absolute Gasteiger partial charge is 0.263 e. The molecule has 0 atom stereocenters. The van der Waals surface area contributed by atoms with Crippen molar-refractivity contribution in [1.82, 2.24) is 0 Å². The summed E-state index contributed by atoms with van der Waals surface area (Å²) >= 11 is 5.79. The van der Waals surface area contributed by atoms with Gasteiger partial charge in [0.25, 0.3) is 10.0 Å². The van der Waals surface area contributed by atoms with Crippen LogP contribution in [0.2, 0.25) is 5.02 Å². The highest BCUT2D eigenvalue weighted by Crippen LogP contribution is 2.27. The third-order valence-corrected chi connectivity index (χ3v) is 5.75. The molecule has 0 aliphatic carbocycles. The van der Waals surface area contributed by atoms with Crippen molar-refractivity contribution in [3.63, 3.8) is 0 Å². The Balaban J connectivity index is 2.54. The number of sulfonamides is 1. The largest absolute Gasteiger partial charge is 0.276 e. The minimum absolute atomic E-state index is 0.262. The summed E-state index contributed by atoms with van der Waals surface area (Å²) in [7, 11) is -8.09. The van der Waals surface area contributed by atoms with E-state index in [-0.39, 0.29) is 9.92 Å². The molecule has 0 spiro atoms. The molecule has 0 heterocycles. The van der Waals surface area contributed by atoms with Crippen LogP contribution in [-0.2, 0) is 19.9 Å². The van der Waals surface area contributed by atoms with Gasteiger partial charge in [0.15, 0.2) is 9.84 Å². The van der Waals surface area contributed by atoms with E-state index in [9.17, 15) is 25.6 Å². The highest BCUT2D eigenvalue weighted by molar-refractivity contribution is 7.93. The average molecular weight is 382 g/mol. The lowest BCUT2D eigenvalue weighted by atomic mass is 10.3. The van der Waals surface area contributed by atoms with Crippen molar-refractivity contribution in [2.75, 3.05) is 11.0 Å². The second-order valence-corrected chi connectivity index (χ2v) is 8.67. The Morgan fingerprint density at radius 1 is 1.00 bits per heavy atom. The lowest BCUT2D eigenvalue weighted by Gasteiger charge is -2.11. The number of anilines is 1. The van der Waals surface area contributed by atoms with Gasteiger partial charge in [-0.1, -0.05) is 11.6 Å². The first-order valence-corrected chi connectivity index (χ1v) is 9.73. The predicted molar refractivity (Wildman–Crippen MR) is 81.7 cm³/mol. The van der Waals surface area contributed by atoms with Crippen LogP contribution in [0.1, 0.15) is 0 Å². The van der Waals surface area contributed by atoms with Crippen LogP contribution in [0.5, 0.6) is 0 Å². The highest BCUT2D eigenvalue weighted by Gasteiger charge is 2.22. The molecule has 0 saturated heterocycles. The number of rotatable bonds is 4. The summed E-state index contributed by atoms with van der Waals surface area (Å²) in [6, 6.07) is 5.30. The molecule has 0 bridgehead atoms. The molecule has 0 aromatic heterocycles. The van der Waals surface area contributed by atoms with Crippen molar-refractivity contribution in [2.45, 2.75) is 9.79 Å². The van der Waals surface area contributed by atoms with Crippen LogP contribution in [0, 0.1) is 11.6 Å². The van der Waals surface area contributed by atoms with Gasteiger partial charge in [-0.25, -0.2) is 25.6 Å². The van der Waals surface area contributed by atoms with Crippen LogP contribution in [0.15, 0.2) is 46.2 Å². The van der Waals surface area contributed by atoms with E-state index in [0.717, 1.165) is 36.6 Å². The van der Waals surface area contributed by atoms with Crippen LogP contribution in [0.4, 0.5) is 14.5 Å². The van der Waals surface area contributed by atoms with Gasteiger partial charge >= 0.3 is 0 Å². The molecule has 0 fully saturated rings. The molecule has 0 saturated carbocycles. The van der Waals surface area contributed by atoms with E-state index >= 15 is 0 Å². The van der Waals surface area contributed by atoms with Gasteiger partial charge in [0, 0.05) is 12.3 Å². The molecule has 5 nitrogen and oxygen atoms in total. The van der Waals surface area contributed by atoms with E-state index in [0.29, 0.717) is 6.07 Å². The third-order valence-electron chi connectivity index (χ3n) is 2.79. The Kier molecular flexibility index (Phi) is 4.65. The fraction of sp³-hybridized carbons (Fsp3) is 0.0769. The fourth-order valence-electron chi connectivity index (χ4n) is 1.70. The lowest BCUT2D eigenvalue weighted by molar-refractivity contribution is 0.594. The molecule has 0 aliphatic heterocycles. The van der Waals surface area contributed by atoms with E-state index in [4.69, 9.17) is 11.6 Å². The van der Waals surface area contributed by atoms with Crippen molar-refractivity contribution >= 4 is 37.1 Å². The zero-order chi connectivity index (χ0) is 17.4. The van der Waals surface area contributed by atoms with Crippen molar-refractivity contribution in [1.29, 1.82) is 0 Å². The summed E-state index contributed by atoms with van der Waals surface area (Å²) < 4.78 is 76.1. The molecule has 2 aromatic rings. The number of nitrogens with one attached hydrogen (secondary N) is 1. The van der Waals surface area contributed by atoms with E-state index in [1.165, 1.54) is 0 Å². The Morgan fingerprint density at radius 3 is 2.26 bits per heavy atom. The van der Waals surface area contributed by atoms with Crippen molar-refractivity contribution in [3.05, 3.63) is 53.1 Å². The molecule has 2 aromatic carbocycles. The maximum Gasteiger partial charge on any atom is 0.263 e. The summed E-state index contributed by atoms with van der Waals surface area (Å²) in [4.78, 5) is -0.840. The van der Waals surface area contributed by atoms with E-state index in [1.54, 1.807) is 0 Å². The van der Waals surface area contributed by atoms with Gasteiger partial charge < -0.3 is 0 Å². The van der Waals surface area contributed by atoms with E-state index in [2.05, 4.69) is 0 Å². The van der Waals surface area contributed by atoms with Gasteiger partial charge in [-0.3, -0.25) is 4.72 Å². The summed E-state index contributed by atoms with van der Waals surface area (Å²) in [5.41, 5.74) is -0.620. The molecule has 10 heteroatoms. The molecular weight excluding hydrogens is 372 g/mol. The number of hydrogen-bond acceptors (Lipinski definition) is 4. The first-order valence-electron chi connectivity index (χ1n) is 5.98. The van der Waals surface area contributed by atoms with Gasteiger partial charge in [-0.05, 0) is 30.3 Å². The molecule has 0 amide bonds. The Bertz CT molecular complexity index is 975. The Morgan fingerprint density at radius 2 is 1.65 bits per heavy atom. The topological polar surface area (TPSA) is 80.3 Å². The van der Waals surface area contributed by atoms with Crippen molar-refractivity contribution in [2.24, 2.45) is 0 Å². The van der Waals surface area contributed by atoms with Gasteiger partial charge in [-0.2, -0.15) is 0 Å². The lowest BCUT2D eigenvalue weighted by Crippen LogP contribution is -2.15. The average Bonchev–Trinajstić information content (AvgIpc) is 2.41. The van der Waals surface area contributed by atoms with E-state index < -0.39 is 42.1 Å². The summed E-state index contributed by atoms with van der Waals surface area (Å²) in [6.45, 7) is 0. The SMILES string of the molecule is CS(=O)(=O)c1ccc(Cl)c(S(=O)(=O)Nc2cc(F)ccc2F)c1. The molecule has 0 unspecified atom stereocenters. The molecule has 2 rings (SSSR count). The Labute approximate surface area is 136 Å². The number of sulfone groups is 1. The molecule has 0 aliphatic rings. The minimum Gasteiger partial charge on any atom is -0.276 e. The van der Waals surface area contributed by atoms with Crippen LogP contribution >= 0.6 is 11.6 Å². The number of hydrogen-bond donors (Lipinski definition) is 1. The maximum absolute atomic E-state index is 13.6. The van der Waals surface area contributed by atoms with Gasteiger partial charge in [-0.15, -0.1) is 0 Å². The van der Waals surface area contributed by atoms with Crippen molar-refractivity contribution in [3.8, 4) is 0 Å². The summed E-state index contributed by atoms with van der Waals surface area (Å²) in [6.07, 6.45) is 0.895. The summed E-state index contributed by atoms with van der Waals surface area (Å²) in [5, 5.41) is -0.262. The molecule has 1 N–H and O–H groups in total. The molecule has 124 valence electrons. The van der Waals surface area contributed by atoms with E-state index in [1.807, 2.05) is 4.72 Å². The molecule has 23 heavy (non-hydrogen) atoms.